The fraction of sp³-hybridized carbons (Fsp3) is 0.500. The van der Waals surface area contributed by atoms with Crippen LogP contribution >= 0.6 is 27.5 Å². The normalized spacial score (nSPS) is 20.0. The van der Waals surface area contributed by atoms with Gasteiger partial charge in [-0.25, -0.2) is 0 Å². The van der Waals surface area contributed by atoms with Gasteiger partial charge in [0.2, 0.25) is 0 Å². The van der Waals surface area contributed by atoms with Crippen molar-refractivity contribution < 1.29 is 0 Å². The SMILES string of the molecule is CC(N)C1(Cc2ccc(Br)cc2Cl)CC1. The van der Waals surface area contributed by atoms with Gasteiger partial charge in [-0.05, 0) is 49.3 Å². The van der Waals surface area contributed by atoms with E-state index < -0.39 is 0 Å². The second-order valence-corrected chi connectivity index (χ2v) is 5.89. The highest BCUT2D eigenvalue weighted by Gasteiger charge is 2.45. The maximum absolute atomic E-state index is 6.20. The molecule has 2 N–H and O–H groups in total. The molecule has 1 saturated carbocycles. The minimum absolute atomic E-state index is 0.261. The third-order valence-electron chi connectivity index (χ3n) is 3.42. The van der Waals surface area contributed by atoms with Gasteiger partial charge in [0, 0.05) is 15.5 Å². The van der Waals surface area contributed by atoms with Crippen LogP contribution in [0.2, 0.25) is 5.02 Å². The van der Waals surface area contributed by atoms with Crippen LogP contribution in [0, 0.1) is 5.41 Å². The summed E-state index contributed by atoms with van der Waals surface area (Å²) < 4.78 is 1.03. The Labute approximate surface area is 104 Å². The van der Waals surface area contributed by atoms with E-state index in [9.17, 15) is 0 Å². The summed E-state index contributed by atoms with van der Waals surface area (Å²) in [5.74, 6) is 0. The molecule has 1 fully saturated rings. The van der Waals surface area contributed by atoms with E-state index in [0.29, 0.717) is 5.41 Å². The van der Waals surface area contributed by atoms with Crippen molar-refractivity contribution in [3.63, 3.8) is 0 Å². The summed E-state index contributed by atoms with van der Waals surface area (Å²) in [5, 5.41) is 0.844. The first-order valence-corrected chi connectivity index (χ1v) is 6.40. The van der Waals surface area contributed by atoms with Gasteiger partial charge in [-0.15, -0.1) is 0 Å². The molecule has 1 aliphatic carbocycles. The Kier molecular flexibility index (Phi) is 3.11. The molecule has 0 saturated heterocycles. The fourth-order valence-corrected chi connectivity index (χ4v) is 2.74. The van der Waals surface area contributed by atoms with E-state index in [1.54, 1.807) is 0 Å². The van der Waals surface area contributed by atoms with Gasteiger partial charge in [0.05, 0.1) is 0 Å². The quantitative estimate of drug-likeness (QED) is 0.900. The molecule has 15 heavy (non-hydrogen) atoms. The first kappa shape index (κ1) is 11.4. The van der Waals surface area contributed by atoms with Crippen molar-refractivity contribution in [2.75, 3.05) is 0 Å². The molecule has 0 radical (unpaired) electrons. The summed E-state index contributed by atoms with van der Waals surface area (Å²) in [6, 6.07) is 6.35. The van der Waals surface area contributed by atoms with Gasteiger partial charge in [-0.1, -0.05) is 33.6 Å². The topological polar surface area (TPSA) is 26.0 Å². The number of hydrogen-bond acceptors (Lipinski definition) is 1. The van der Waals surface area contributed by atoms with Gasteiger partial charge < -0.3 is 5.73 Å². The van der Waals surface area contributed by atoms with Gasteiger partial charge in [0.15, 0.2) is 0 Å². The standard InChI is InChI=1S/C12H15BrClN/c1-8(15)12(4-5-12)7-9-2-3-10(13)6-11(9)14/h2-3,6,8H,4-5,7,15H2,1H3. The first-order valence-electron chi connectivity index (χ1n) is 5.23. The summed E-state index contributed by atoms with van der Waals surface area (Å²) in [6.45, 7) is 2.10. The molecule has 0 aliphatic heterocycles. The smallest absolute Gasteiger partial charge is 0.0449 e. The van der Waals surface area contributed by atoms with Crippen LogP contribution in [0.25, 0.3) is 0 Å². The molecule has 0 spiro atoms. The van der Waals surface area contributed by atoms with Gasteiger partial charge in [0.25, 0.3) is 0 Å². The monoisotopic (exact) mass is 287 g/mol. The summed E-state index contributed by atoms with van der Waals surface area (Å²) in [6.07, 6.45) is 3.48. The van der Waals surface area contributed by atoms with E-state index in [2.05, 4.69) is 28.9 Å². The number of nitrogens with two attached hydrogens (primary N) is 1. The van der Waals surface area contributed by atoms with Crippen molar-refractivity contribution in [2.45, 2.75) is 32.2 Å². The fourth-order valence-electron chi connectivity index (χ4n) is 2.00. The number of hydrogen-bond donors (Lipinski definition) is 1. The lowest BCUT2D eigenvalue weighted by Crippen LogP contribution is -2.29. The largest absolute Gasteiger partial charge is 0.327 e. The highest BCUT2D eigenvalue weighted by atomic mass is 79.9. The van der Waals surface area contributed by atoms with Crippen molar-refractivity contribution in [3.05, 3.63) is 33.3 Å². The maximum atomic E-state index is 6.20. The van der Waals surface area contributed by atoms with Gasteiger partial charge >= 0.3 is 0 Å². The van der Waals surface area contributed by atoms with Crippen LogP contribution in [0.4, 0.5) is 0 Å². The molecular formula is C12H15BrClN. The molecule has 0 aromatic heterocycles. The maximum Gasteiger partial charge on any atom is 0.0449 e. The number of rotatable bonds is 3. The lowest BCUT2D eigenvalue weighted by Gasteiger charge is -2.20. The van der Waals surface area contributed by atoms with Crippen LogP contribution in [0.5, 0.6) is 0 Å². The van der Waals surface area contributed by atoms with E-state index in [0.717, 1.165) is 15.9 Å². The van der Waals surface area contributed by atoms with E-state index in [1.165, 1.54) is 18.4 Å². The van der Waals surface area contributed by atoms with Crippen molar-refractivity contribution in [3.8, 4) is 0 Å². The van der Waals surface area contributed by atoms with E-state index >= 15 is 0 Å². The van der Waals surface area contributed by atoms with Crippen molar-refractivity contribution in [1.82, 2.24) is 0 Å². The average Bonchev–Trinajstić information content (AvgIpc) is 2.91. The van der Waals surface area contributed by atoms with E-state index in [4.69, 9.17) is 17.3 Å². The molecule has 82 valence electrons. The van der Waals surface area contributed by atoms with Crippen LogP contribution in [-0.2, 0) is 6.42 Å². The zero-order valence-corrected chi connectivity index (χ0v) is 11.1. The van der Waals surface area contributed by atoms with Crippen LogP contribution in [0.15, 0.2) is 22.7 Å². The molecule has 1 aliphatic rings. The van der Waals surface area contributed by atoms with Crippen molar-refractivity contribution >= 4 is 27.5 Å². The second kappa shape index (κ2) is 4.08. The van der Waals surface area contributed by atoms with Crippen LogP contribution in [0.1, 0.15) is 25.3 Å². The zero-order valence-electron chi connectivity index (χ0n) is 8.76. The number of halogens is 2. The Bertz CT molecular complexity index is 372. The Morgan fingerprint density at radius 2 is 2.20 bits per heavy atom. The molecule has 0 heterocycles. The van der Waals surface area contributed by atoms with Gasteiger partial charge in [-0.2, -0.15) is 0 Å². The number of benzene rings is 1. The molecule has 1 aromatic carbocycles. The zero-order chi connectivity index (χ0) is 11.1. The molecule has 1 nitrogen and oxygen atoms in total. The van der Waals surface area contributed by atoms with Crippen LogP contribution in [-0.4, -0.2) is 6.04 Å². The molecule has 0 amide bonds. The van der Waals surface area contributed by atoms with Gasteiger partial charge in [0.1, 0.15) is 0 Å². The molecule has 1 unspecified atom stereocenters. The predicted octanol–water partition coefficient (Wildman–Crippen LogP) is 3.77. The molecular weight excluding hydrogens is 273 g/mol. The lowest BCUT2D eigenvalue weighted by molar-refractivity contribution is 0.418. The van der Waals surface area contributed by atoms with Crippen molar-refractivity contribution in [2.24, 2.45) is 11.1 Å². The second-order valence-electron chi connectivity index (χ2n) is 4.56. The Balaban J connectivity index is 2.18. The third-order valence-corrected chi connectivity index (χ3v) is 4.26. The summed E-state index contributed by atoms with van der Waals surface area (Å²) in [5.41, 5.74) is 7.54. The first-order chi connectivity index (χ1) is 7.03. The lowest BCUT2D eigenvalue weighted by atomic mass is 9.90. The summed E-state index contributed by atoms with van der Waals surface area (Å²) in [4.78, 5) is 0. The minimum atomic E-state index is 0.261. The minimum Gasteiger partial charge on any atom is -0.327 e. The van der Waals surface area contributed by atoms with Crippen LogP contribution < -0.4 is 5.73 Å². The predicted molar refractivity (Wildman–Crippen MR) is 68.2 cm³/mol. The molecule has 2 rings (SSSR count). The molecule has 0 bridgehead atoms. The van der Waals surface area contributed by atoms with E-state index in [-0.39, 0.29) is 6.04 Å². The molecule has 1 aromatic rings. The highest BCUT2D eigenvalue weighted by molar-refractivity contribution is 9.10. The summed E-state index contributed by atoms with van der Waals surface area (Å²) >= 11 is 9.61. The highest BCUT2D eigenvalue weighted by Crippen LogP contribution is 2.51. The van der Waals surface area contributed by atoms with E-state index in [1.807, 2.05) is 12.1 Å². The van der Waals surface area contributed by atoms with Gasteiger partial charge in [-0.3, -0.25) is 0 Å². The average molecular weight is 289 g/mol. The van der Waals surface area contributed by atoms with Crippen molar-refractivity contribution in [1.29, 1.82) is 0 Å². The third kappa shape index (κ3) is 2.38. The van der Waals surface area contributed by atoms with Crippen LogP contribution in [0.3, 0.4) is 0 Å². The Morgan fingerprint density at radius 3 is 2.67 bits per heavy atom. The molecule has 3 heteroatoms. The Hall–Kier alpha value is -0.0500. The molecule has 1 atom stereocenters. The Morgan fingerprint density at radius 1 is 1.53 bits per heavy atom. The summed E-state index contributed by atoms with van der Waals surface area (Å²) in [7, 11) is 0.